The number of anilines is 2. The van der Waals surface area contributed by atoms with Crippen molar-refractivity contribution in [2.45, 2.75) is 70.6 Å². The van der Waals surface area contributed by atoms with Crippen LogP contribution in [0.3, 0.4) is 0 Å². The van der Waals surface area contributed by atoms with E-state index >= 15 is 0 Å². The van der Waals surface area contributed by atoms with Crippen LogP contribution in [0.5, 0.6) is 5.75 Å². The average molecular weight is 827 g/mol. The number of carboxylic acids is 1. The number of ether oxygens (including phenoxy) is 1. The molecule has 0 saturated heterocycles. The van der Waals surface area contributed by atoms with Crippen molar-refractivity contribution in [2.24, 2.45) is 11.8 Å². The Kier molecular flexibility index (Phi) is 13.6. The molecule has 1 N–H and O–H groups in total. The van der Waals surface area contributed by atoms with Crippen LogP contribution in [0.1, 0.15) is 73.4 Å². The number of hydrogen-bond donors (Lipinski definition) is 1. The molecule has 4 rings (SSSR count). The van der Waals surface area contributed by atoms with Gasteiger partial charge in [0.25, 0.3) is 0 Å². The molecule has 1 aromatic heterocycles. The summed E-state index contributed by atoms with van der Waals surface area (Å²) in [6, 6.07) is 2.33. The first kappa shape index (κ1) is 44.1. The van der Waals surface area contributed by atoms with Gasteiger partial charge in [-0.25, -0.2) is 18.4 Å². The molecule has 20 heteroatoms. The lowest BCUT2D eigenvalue weighted by Gasteiger charge is -2.35. The van der Waals surface area contributed by atoms with Crippen LogP contribution in [-0.2, 0) is 44.5 Å². The molecular weight excluding hydrogens is 787 g/mol. The molecule has 0 unspecified atom stereocenters. The zero-order valence-electron chi connectivity index (χ0n) is 30.3. The van der Waals surface area contributed by atoms with Crippen LogP contribution in [0.15, 0.2) is 48.8 Å². The van der Waals surface area contributed by atoms with Crippen molar-refractivity contribution in [3.8, 4) is 5.75 Å². The van der Waals surface area contributed by atoms with Crippen molar-refractivity contribution < 1.29 is 67.4 Å². The number of aromatic nitrogens is 2. The van der Waals surface area contributed by atoms with Gasteiger partial charge >= 0.3 is 24.5 Å². The highest BCUT2D eigenvalue weighted by Crippen LogP contribution is 2.41. The summed E-state index contributed by atoms with van der Waals surface area (Å²) in [6.07, 6.45) is -11.7. The number of alkyl halides is 9. The summed E-state index contributed by atoms with van der Waals surface area (Å²) in [4.78, 5) is 35.1. The van der Waals surface area contributed by atoms with E-state index in [-0.39, 0.29) is 79.0 Å². The maximum Gasteiger partial charge on any atom is 0.416 e. The topological polar surface area (TPSA) is 130 Å². The highest BCUT2D eigenvalue weighted by atomic mass is 32.2. The minimum absolute atomic E-state index is 0.0249. The number of carbonyl (C=O) groups is 2. The smallest absolute Gasteiger partial charge is 0.416 e. The van der Waals surface area contributed by atoms with Crippen LogP contribution in [0.25, 0.3) is 0 Å². The molecule has 1 aliphatic carbocycles. The quantitative estimate of drug-likeness (QED) is 0.151. The maximum absolute atomic E-state index is 14.1. The van der Waals surface area contributed by atoms with Crippen molar-refractivity contribution in [3.63, 3.8) is 0 Å². The minimum Gasteiger partial charge on any atom is -0.489 e. The molecule has 1 saturated carbocycles. The molecule has 1 heterocycles. The van der Waals surface area contributed by atoms with Crippen LogP contribution in [0, 0.1) is 11.8 Å². The molecule has 1 aliphatic rings. The van der Waals surface area contributed by atoms with Gasteiger partial charge in [-0.15, -0.1) is 0 Å². The monoisotopic (exact) mass is 826 g/mol. The van der Waals surface area contributed by atoms with E-state index in [0.29, 0.717) is 25.0 Å². The number of halogens is 9. The third kappa shape index (κ3) is 11.9. The van der Waals surface area contributed by atoms with Crippen molar-refractivity contribution in [1.82, 2.24) is 9.97 Å². The standard InChI is InChI=1S/C36H39F9N4O6S/c1-4-48(19-22-5-6-23(15-32(51)52)31(50)11-22)30-8-7-26(34(37,38)39)14-25(30)20-49(33-46-17-29(18-47-33)55-9-10-56(3,53)54)21(2)24-12-27(35(40,41)42)16-28(13-24)36(43,44)45/h7-8,12-14,16-18,21-23H,4-6,9-11,15,19-20H2,1-3H3,(H,51,52)/t21-,22+,23-/m0/s1. The lowest BCUT2D eigenvalue weighted by Crippen LogP contribution is -2.36. The largest absolute Gasteiger partial charge is 0.489 e. The number of nitrogens with zero attached hydrogens (tertiary/aromatic N) is 4. The summed E-state index contributed by atoms with van der Waals surface area (Å²) < 4.78 is 154. The lowest BCUT2D eigenvalue weighted by atomic mass is 9.79. The number of hydrogen-bond acceptors (Lipinski definition) is 9. The van der Waals surface area contributed by atoms with Crippen LogP contribution < -0.4 is 14.5 Å². The zero-order valence-corrected chi connectivity index (χ0v) is 31.1. The van der Waals surface area contributed by atoms with Gasteiger partial charge in [0, 0.05) is 43.9 Å². The first-order valence-corrected chi connectivity index (χ1v) is 19.3. The van der Waals surface area contributed by atoms with Gasteiger partial charge in [-0.3, -0.25) is 9.59 Å². The Labute approximate surface area is 316 Å². The fraction of sp³-hybridized carbons (Fsp3) is 0.500. The molecule has 0 bridgehead atoms. The Hall–Kier alpha value is -4.62. The number of aliphatic carboxylic acids is 1. The van der Waals surface area contributed by atoms with Gasteiger partial charge in [0.2, 0.25) is 5.95 Å². The van der Waals surface area contributed by atoms with E-state index < -0.39 is 75.1 Å². The van der Waals surface area contributed by atoms with Gasteiger partial charge in [0.05, 0.1) is 47.3 Å². The number of benzene rings is 2. The number of ketones is 1. The fourth-order valence-electron chi connectivity index (χ4n) is 6.45. The first-order valence-electron chi connectivity index (χ1n) is 17.2. The summed E-state index contributed by atoms with van der Waals surface area (Å²) in [5, 5.41) is 9.15. The summed E-state index contributed by atoms with van der Waals surface area (Å²) in [6.45, 7) is 2.42. The Morgan fingerprint density at radius 3 is 2.02 bits per heavy atom. The lowest BCUT2D eigenvalue weighted by molar-refractivity contribution is -0.143. The molecule has 10 nitrogen and oxygen atoms in total. The molecule has 3 atom stereocenters. The number of carboxylic acid groups (broad SMARTS) is 1. The fourth-order valence-corrected chi connectivity index (χ4v) is 6.83. The second-order valence-electron chi connectivity index (χ2n) is 13.6. The van der Waals surface area contributed by atoms with Gasteiger partial charge in [0.1, 0.15) is 12.4 Å². The van der Waals surface area contributed by atoms with E-state index in [1.54, 1.807) is 11.8 Å². The number of sulfone groups is 1. The molecule has 0 aliphatic heterocycles. The number of rotatable bonds is 15. The van der Waals surface area contributed by atoms with Gasteiger partial charge in [-0.05, 0) is 80.1 Å². The minimum atomic E-state index is -5.20. The molecule has 3 aromatic rings. The molecular formula is C36H39F9N4O6S. The Balaban J connectivity index is 1.81. The molecule has 0 radical (unpaired) electrons. The highest BCUT2D eigenvalue weighted by molar-refractivity contribution is 7.90. The van der Waals surface area contributed by atoms with E-state index in [1.807, 2.05) is 0 Å². The molecule has 0 amide bonds. The Morgan fingerprint density at radius 1 is 0.929 bits per heavy atom. The van der Waals surface area contributed by atoms with Crippen molar-refractivity contribution >= 4 is 33.2 Å². The average Bonchev–Trinajstić information content (AvgIpc) is 3.08. The van der Waals surface area contributed by atoms with Crippen LogP contribution in [-0.4, -0.2) is 66.9 Å². The molecule has 2 aromatic carbocycles. The summed E-state index contributed by atoms with van der Waals surface area (Å²) >= 11 is 0. The predicted molar refractivity (Wildman–Crippen MR) is 186 cm³/mol. The SMILES string of the molecule is CCN(C[C@@H]1CC[C@@H](CC(=O)O)C(=O)C1)c1ccc(C(F)(F)F)cc1CN(c1ncc(OCCS(C)(=O)=O)cn1)[C@@H](C)c1cc(C(F)(F)F)cc(C(F)(F)F)c1. The van der Waals surface area contributed by atoms with Crippen molar-refractivity contribution in [3.05, 3.63) is 76.6 Å². The number of carbonyl (C=O) groups excluding carboxylic acids is 1. The second-order valence-corrected chi connectivity index (χ2v) is 15.9. The van der Waals surface area contributed by atoms with Crippen LogP contribution in [0.2, 0.25) is 0 Å². The molecule has 308 valence electrons. The highest BCUT2D eigenvalue weighted by Gasteiger charge is 2.39. The molecule has 1 fully saturated rings. The van der Waals surface area contributed by atoms with E-state index in [4.69, 9.17) is 9.84 Å². The van der Waals surface area contributed by atoms with Gasteiger partial charge in [-0.1, -0.05) is 0 Å². The summed E-state index contributed by atoms with van der Waals surface area (Å²) in [7, 11) is -3.42. The second kappa shape index (κ2) is 17.3. The third-order valence-corrected chi connectivity index (χ3v) is 10.3. The third-order valence-electron chi connectivity index (χ3n) is 9.39. The Bertz CT molecular complexity index is 1940. The normalized spacial score (nSPS) is 17.4. The van der Waals surface area contributed by atoms with E-state index in [1.165, 1.54) is 13.0 Å². The van der Waals surface area contributed by atoms with Crippen LogP contribution >= 0.6 is 0 Å². The molecule has 56 heavy (non-hydrogen) atoms. The zero-order chi connectivity index (χ0) is 41.8. The van der Waals surface area contributed by atoms with E-state index in [2.05, 4.69) is 9.97 Å². The summed E-state index contributed by atoms with van der Waals surface area (Å²) in [5.41, 5.74) is -4.68. The van der Waals surface area contributed by atoms with Crippen LogP contribution in [0.4, 0.5) is 51.1 Å². The molecule has 0 spiro atoms. The van der Waals surface area contributed by atoms with Gasteiger partial charge in [0.15, 0.2) is 15.6 Å². The van der Waals surface area contributed by atoms with E-state index in [0.717, 1.165) is 35.7 Å². The first-order chi connectivity index (χ1) is 25.9. The van der Waals surface area contributed by atoms with Crippen molar-refractivity contribution in [2.75, 3.05) is 41.5 Å². The number of Topliss-reactive ketones (excluding diaryl/α,β-unsaturated/α-hetero) is 1. The van der Waals surface area contributed by atoms with Crippen molar-refractivity contribution in [1.29, 1.82) is 0 Å². The van der Waals surface area contributed by atoms with E-state index in [9.17, 15) is 57.5 Å². The maximum atomic E-state index is 14.1. The van der Waals surface area contributed by atoms with Gasteiger partial charge in [-0.2, -0.15) is 39.5 Å². The van der Waals surface area contributed by atoms with Gasteiger partial charge < -0.3 is 19.6 Å². The summed E-state index contributed by atoms with van der Waals surface area (Å²) in [5.74, 6) is -3.10. The predicted octanol–water partition coefficient (Wildman–Crippen LogP) is 8.01. The Morgan fingerprint density at radius 2 is 1.52 bits per heavy atom.